The number of aryl methyl sites for hydroxylation is 1. The minimum Gasteiger partial charge on any atom is -0.495 e. The summed E-state index contributed by atoms with van der Waals surface area (Å²) in [4.78, 5) is 11.7. The zero-order valence-electron chi connectivity index (χ0n) is 12.0. The summed E-state index contributed by atoms with van der Waals surface area (Å²) in [6.07, 6.45) is 3.51. The smallest absolute Gasteiger partial charge is 0.259 e. The quantitative estimate of drug-likeness (QED) is 0.626. The predicted molar refractivity (Wildman–Crippen MR) is 82.6 cm³/mol. The molecule has 1 aromatic heterocycles. The van der Waals surface area contributed by atoms with Crippen molar-refractivity contribution in [3.63, 3.8) is 0 Å². The van der Waals surface area contributed by atoms with E-state index in [0.717, 1.165) is 11.4 Å². The van der Waals surface area contributed by atoms with Crippen molar-refractivity contribution in [1.29, 1.82) is 0 Å². The number of benzene rings is 1. The van der Waals surface area contributed by atoms with E-state index in [2.05, 4.69) is 15.8 Å². The summed E-state index contributed by atoms with van der Waals surface area (Å²) >= 11 is 0. The number of para-hydroxylation sites is 2. The van der Waals surface area contributed by atoms with Gasteiger partial charge in [0.25, 0.3) is 5.91 Å². The van der Waals surface area contributed by atoms with Crippen molar-refractivity contribution in [3.05, 3.63) is 48.3 Å². The number of aromatic nitrogens is 1. The Balaban J connectivity index is 1.82. The first-order valence-corrected chi connectivity index (χ1v) is 6.51. The number of hydrazone groups is 1. The molecular formula is C15H18N4O2. The number of anilines is 1. The number of carbonyl (C=O) groups is 1. The molecule has 1 amide bonds. The molecule has 21 heavy (non-hydrogen) atoms. The fourth-order valence-corrected chi connectivity index (χ4v) is 1.78. The lowest BCUT2D eigenvalue weighted by Gasteiger charge is -2.09. The summed E-state index contributed by atoms with van der Waals surface area (Å²) in [7, 11) is 3.50. The van der Waals surface area contributed by atoms with Crippen LogP contribution in [0.2, 0.25) is 0 Å². The molecule has 6 heteroatoms. The Morgan fingerprint density at radius 3 is 2.86 bits per heavy atom. The molecule has 0 fully saturated rings. The van der Waals surface area contributed by atoms with Gasteiger partial charge < -0.3 is 14.6 Å². The molecule has 0 bridgehead atoms. The predicted octanol–water partition coefficient (Wildman–Crippen LogP) is 1.60. The van der Waals surface area contributed by atoms with Gasteiger partial charge in [-0.05, 0) is 24.3 Å². The summed E-state index contributed by atoms with van der Waals surface area (Å²) in [5.74, 6) is 0.462. The molecule has 2 N–H and O–H groups in total. The normalized spacial score (nSPS) is 10.6. The topological polar surface area (TPSA) is 67.7 Å². The minimum atomic E-state index is -0.230. The number of nitrogens with one attached hydrogen (secondary N) is 2. The Hall–Kier alpha value is -2.76. The molecule has 0 radical (unpaired) electrons. The molecule has 0 spiro atoms. The molecule has 1 aromatic carbocycles. The molecule has 2 rings (SSSR count). The average Bonchev–Trinajstić information content (AvgIpc) is 2.91. The van der Waals surface area contributed by atoms with Crippen LogP contribution in [0.15, 0.2) is 47.7 Å². The number of hydrogen-bond acceptors (Lipinski definition) is 4. The van der Waals surface area contributed by atoms with Gasteiger partial charge in [0.05, 0.1) is 31.3 Å². The third-order valence-corrected chi connectivity index (χ3v) is 2.92. The number of amides is 1. The molecule has 6 nitrogen and oxygen atoms in total. The van der Waals surface area contributed by atoms with Crippen LogP contribution in [0.25, 0.3) is 0 Å². The van der Waals surface area contributed by atoms with Crippen LogP contribution in [0.3, 0.4) is 0 Å². The minimum absolute atomic E-state index is 0.116. The van der Waals surface area contributed by atoms with Gasteiger partial charge in [0.1, 0.15) is 5.75 Å². The molecule has 1 heterocycles. The Bertz CT molecular complexity index is 634. The summed E-state index contributed by atoms with van der Waals surface area (Å²) < 4.78 is 7.10. The Labute approximate surface area is 123 Å². The van der Waals surface area contributed by atoms with Crippen molar-refractivity contribution in [3.8, 4) is 5.75 Å². The van der Waals surface area contributed by atoms with Crippen molar-refractivity contribution in [2.45, 2.75) is 0 Å². The second-order valence-electron chi connectivity index (χ2n) is 4.39. The van der Waals surface area contributed by atoms with E-state index in [-0.39, 0.29) is 12.5 Å². The van der Waals surface area contributed by atoms with Crippen molar-refractivity contribution in [1.82, 2.24) is 9.99 Å². The van der Waals surface area contributed by atoms with Crippen molar-refractivity contribution in [2.24, 2.45) is 12.1 Å². The molecule has 110 valence electrons. The van der Waals surface area contributed by atoms with Gasteiger partial charge >= 0.3 is 0 Å². The third kappa shape index (κ3) is 4.10. The lowest BCUT2D eigenvalue weighted by Crippen LogP contribution is -2.26. The maximum Gasteiger partial charge on any atom is 0.259 e. The third-order valence-electron chi connectivity index (χ3n) is 2.92. The summed E-state index contributed by atoms with van der Waals surface area (Å²) in [6, 6.07) is 11.2. The van der Waals surface area contributed by atoms with E-state index in [4.69, 9.17) is 4.74 Å². The molecule has 0 unspecified atom stereocenters. The van der Waals surface area contributed by atoms with Crippen LogP contribution in [0.5, 0.6) is 5.75 Å². The summed E-state index contributed by atoms with van der Waals surface area (Å²) in [5, 5.41) is 6.92. The molecular weight excluding hydrogens is 268 g/mol. The Morgan fingerprint density at radius 1 is 1.33 bits per heavy atom. The number of nitrogens with zero attached hydrogens (tertiary/aromatic N) is 2. The van der Waals surface area contributed by atoms with Gasteiger partial charge in [-0.25, -0.2) is 5.43 Å². The van der Waals surface area contributed by atoms with Gasteiger partial charge in [-0.15, -0.1) is 0 Å². The number of carbonyl (C=O) groups excluding carboxylic acids is 1. The van der Waals surface area contributed by atoms with Crippen LogP contribution in [0.1, 0.15) is 5.69 Å². The highest BCUT2D eigenvalue weighted by molar-refractivity contribution is 5.83. The van der Waals surface area contributed by atoms with Gasteiger partial charge in [-0.1, -0.05) is 12.1 Å². The zero-order chi connectivity index (χ0) is 15.1. The highest BCUT2D eigenvalue weighted by Crippen LogP contribution is 2.22. The SMILES string of the molecule is COc1ccccc1NCC(=O)NN=Cc1cccn1C. The fraction of sp³-hybridized carbons (Fsp3) is 0.200. The van der Waals surface area contributed by atoms with E-state index in [0.29, 0.717) is 5.75 Å². The van der Waals surface area contributed by atoms with Gasteiger partial charge in [-0.3, -0.25) is 4.79 Å². The largest absolute Gasteiger partial charge is 0.495 e. The standard InChI is InChI=1S/C15H18N4O2/c1-19-9-5-6-12(19)10-17-18-15(20)11-16-13-7-3-4-8-14(13)21-2/h3-10,16H,11H2,1-2H3,(H,18,20). The second kappa shape index (κ2) is 7.14. The van der Waals surface area contributed by atoms with Crippen molar-refractivity contribution >= 4 is 17.8 Å². The monoisotopic (exact) mass is 286 g/mol. The highest BCUT2D eigenvalue weighted by Gasteiger charge is 2.03. The average molecular weight is 286 g/mol. The number of ether oxygens (including phenoxy) is 1. The van der Waals surface area contributed by atoms with Crippen LogP contribution >= 0.6 is 0 Å². The van der Waals surface area contributed by atoms with Crippen LogP contribution in [0, 0.1) is 0 Å². The van der Waals surface area contributed by atoms with E-state index >= 15 is 0 Å². The van der Waals surface area contributed by atoms with Gasteiger partial charge in [-0.2, -0.15) is 5.10 Å². The first-order valence-electron chi connectivity index (χ1n) is 6.51. The summed E-state index contributed by atoms with van der Waals surface area (Å²) in [6.45, 7) is 0.116. The molecule has 0 saturated heterocycles. The second-order valence-corrected chi connectivity index (χ2v) is 4.39. The fourth-order valence-electron chi connectivity index (χ4n) is 1.78. The molecule has 0 atom stereocenters. The Kier molecular flexibility index (Phi) is 4.98. The number of methoxy groups -OCH3 is 1. The maximum atomic E-state index is 11.7. The van der Waals surface area contributed by atoms with E-state index in [1.165, 1.54) is 0 Å². The van der Waals surface area contributed by atoms with Gasteiger partial charge in [0, 0.05) is 13.2 Å². The van der Waals surface area contributed by atoms with E-state index in [1.807, 2.05) is 54.2 Å². The Morgan fingerprint density at radius 2 is 2.14 bits per heavy atom. The summed E-state index contributed by atoms with van der Waals surface area (Å²) in [5.41, 5.74) is 4.15. The molecule has 0 aliphatic carbocycles. The van der Waals surface area contributed by atoms with Crippen LogP contribution in [-0.4, -0.2) is 30.3 Å². The maximum absolute atomic E-state index is 11.7. The molecule has 0 aliphatic heterocycles. The molecule has 2 aromatic rings. The number of hydrogen-bond donors (Lipinski definition) is 2. The first kappa shape index (κ1) is 14.6. The van der Waals surface area contributed by atoms with E-state index < -0.39 is 0 Å². The van der Waals surface area contributed by atoms with Crippen molar-refractivity contribution in [2.75, 3.05) is 19.0 Å². The van der Waals surface area contributed by atoms with Crippen molar-refractivity contribution < 1.29 is 9.53 Å². The lowest BCUT2D eigenvalue weighted by atomic mass is 10.3. The van der Waals surface area contributed by atoms with Crippen LogP contribution in [0.4, 0.5) is 5.69 Å². The van der Waals surface area contributed by atoms with Gasteiger partial charge in [0.15, 0.2) is 0 Å². The van der Waals surface area contributed by atoms with Gasteiger partial charge in [0.2, 0.25) is 0 Å². The van der Waals surface area contributed by atoms with Crippen LogP contribution < -0.4 is 15.5 Å². The zero-order valence-corrected chi connectivity index (χ0v) is 12.0. The first-order chi connectivity index (χ1) is 10.2. The molecule has 0 saturated carbocycles. The molecule has 0 aliphatic rings. The van der Waals surface area contributed by atoms with E-state index in [1.54, 1.807) is 13.3 Å². The highest BCUT2D eigenvalue weighted by atomic mass is 16.5. The van der Waals surface area contributed by atoms with E-state index in [9.17, 15) is 4.79 Å². The van der Waals surface area contributed by atoms with Crippen LogP contribution in [-0.2, 0) is 11.8 Å². The number of rotatable bonds is 6. The lowest BCUT2D eigenvalue weighted by molar-refractivity contribution is -0.119.